The van der Waals surface area contributed by atoms with E-state index >= 15 is 0 Å². The molecule has 1 aromatic carbocycles. The highest BCUT2D eigenvalue weighted by atomic mass is 16.1. The van der Waals surface area contributed by atoms with Gasteiger partial charge in [-0.05, 0) is 44.4 Å². The first kappa shape index (κ1) is 20.3. The summed E-state index contributed by atoms with van der Waals surface area (Å²) >= 11 is 0. The number of rotatable bonds is 9. The van der Waals surface area contributed by atoms with E-state index in [1.807, 2.05) is 6.07 Å². The number of carbonyl (C=O) groups excluding carboxylic acids is 1. The van der Waals surface area contributed by atoms with Gasteiger partial charge in [-0.1, -0.05) is 29.8 Å². The van der Waals surface area contributed by atoms with Gasteiger partial charge in [-0.15, -0.1) is 0 Å². The quantitative estimate of drug-likeness (QED) is 0.676. The topological polar surface area (TPSA) is 61.4 Å². The van der Waals surface area contributed by atoms with Crippen molar-refractivity contribution in [1.29, 1.82) is 0 Å². The molecule has 1 aliphatic heterocycles. The van der Waals surface area contributed by atoms with Crippen molar-refractivity contribution in [3.8, 4) is 0 Å². The Morgan fingerprint density at radius 1 is 1.04 bits per heavy atom. The molecule has 1 N–H and O–H groups in total. The number of piperazine rings is 1. The molecule has 1 amide bonds. The second kappa shape index (κ2) is 10.8. The van der Waals surface area contributed by atoms with E-state index in [1.165, 1.54) is 11.1 Å². The zero-order chi connectivity index (χ0) is 19.6. The second-order valence-corrected chi connectivity index (χ2v) is 7.42. The normalized spacial score (nSPS) is 14.8. The molecule has 1 saturated heterocycles. The van der Waals surface area contributed by atoms with Crippen LogP contribution in [0.2, 0.25) is 0 Å². The van der Waals surface area contributed by atoms with Crippen LogP contribution in [0.25, 0.3) is 0 Å². The van der Waals surface area contributed by atoms with E-state index in [2.05, 4.69) is 56.3 Å². The molecule has 0 saturated carbocycles. The van der Waals surface area contributed by atoms with Gasteiger partial charge < -0.3 is 10.2 Å². The number of hydrogen-bond acceptors (Lipinski definition) is 5. The zero-order valence-corrected chi connectivity index (χ0v) is 16.8. The lowest BCUT2D eigenvalue weighted by Gasteiger charge is -2.34. The van der Waals surface area contributed by atoms with Gasteiger partial charge in [-0.2, -0.15) is 0 Å². The average molecular weight is 382 g/mol. The van der Waals surface area contributed by atoms with E-state index in [1.54, 1.807) is 12.4 Å². The lowest BCUT2D eigenvalue weighted by molar-refractivity contribution is -0.121. The molecule has 1 aliphatic rings. The van der Waals surface area contributed by atoms with E-state index in [0.717, 1.165) is 64.5 Å². The van der Waals surface area contributed by atoms with E-state index < -0.39 is 0 Å². The Hall–Kier alpha value is -2.47. The standard InChI is InChI=1S/C22H31N5O/c1-19-7-9-20(10-8-19)5-2-6-21(28)23-13-4-14-26-15-17-27(18-16-26)22-24-11-3-12-25-22/h3,7-12H,2,4-6,13-18H2,1H3,(H,23,28). The van der Waals surface area contributed by atoms with Crippen LogP contribution in [-0.4, -0.2) is 60.0 Å². The highest BCUT2D eigenvalue weighted by molar-refractivity contribution is 5.75. The van der Waals surface area contributed by atoms with Gasteiger partial charge in [0.15, 0.2) is 0 Å². The number of nitrogens with one attached hydrogen (secondary N) is 1. The monoisotopic (exact) mass is 381 g/mol. The highest BCUT2D eigenvalue weighted by Crippen LogP contribution is 2.10. The number of anilines is 1. The van der Waals surface area contributed by atoms with Crippen molar-refractivity contribution in [2.75, 3.05) is 44.2 Å². The average Bonchev–Trinajstić information content (AvgIpc) is 2.74. The maximum atomic E-state index is 12.0. The summed E-state index contributed by atoms with van der Waals surface area (Å²) in [7, 11) is 0. The summed E-state index contributed by atoms with van der Waals surface area (Å²) in [5.74, 6) is 0.984. The van der Waals surface area contributed by atoms with Gasteiger partial charge in [0.2, 0.25) is 11.9 Å². The van der Waals surface area contributed by atoms with Crippen LogP contribution < -0.4 is 10.2 Å². The minimum absolute atomic E-state index is 0.165. The number of aromatic nitrogens is 2. The van der Waals surface area contributed by atoms with Crippen LogP contribution in [0.4, 0.5) is 5.95 Å². The fourth-order valence-electron chi connectivity index (χ4n) is 3.45. The van der Waals surface area contributed by atoms with Gasteiger partial charge in [0.1, 0.15) is 0 Å². The molecule has 0 atom stereocenters. The molecule has 0 spiro atoms. The molecule has 6 heteroatoms. The largest absolute Gasteiger partial charge is 0.356 e. The third-order valence-corrected chi connectivity index (χ3v) is 5.17. The summed E-state index contributed by atoms with van der Waals surface area (Å²) in [6, 6.07) is 10.4. The summed E-state index contributed by atoms with van der Waals surface area (Å²) in [6.07, 6.45) is 7.03. The molecule has 28 heavy (non-hydrogen) atoms. The second-order valence-electron chi connectivity index (χ2n) is 7.42. The smallest absolute Gasteiger partial charge is 0.225 e. The molecule has 0 aliphatic carbocycles. The van der Waals surface area contributed by atoms with Gasteiger partial charge in [-0.3, -0.25) is 9.69 Å². The van der Waals surface area contributed by atoms with Crippen LogP contribution in [0.3, 0.4) is 0 Å². The molecule has 2 heterocycles. The molecule has 0 radical (unpaired) electrons. The predicted octanol–water partition coefficient (Wildman–Crippen LogP) is 2.44. The Bertz CT molecular complexity index is 711. The number of amides is 1. The van der Waals surface area contributed by atoms with Crippen molar-refractivity contribution in [3.63, 3.8) is 0 Å². The molecular weight excluding hydrogens is 350 g/mol. The molecule has 1 aromatic heterocycles. The van der Waals surface area contributed by atoms with Crippen molar-refractivity contribution in [1.82, 2.24) is 20.2 Å². The first-order valence-corrected chi connectivity index (χ1v) is 10.3. The fourth-order valence-corrected chi connectivity index (χ4v) is 3.45. The third-order valence-electron chi connectivity index (χ3n) is 5.17. The van der Waals surface area contributed by atoms with Gasteiger partial charge in [0, 0.05) is 51.5 Å². The van der Waals surface area contributed by atoms with Crippen LogP contribution in [0.1, 0.15) is 30.4 Å². The first-order valence-electron chi connectivity index (χ1n) is 10.3. The summed E-state index contributed by atoms with van der Waals surface area (Å²) in [5, 5.41) is 3.06. The minimum Gasteiger partial charge on any atom is -0.356 e. The van der Waals surface area contributed by atoms with Crippen molar-refractivity contribution < 1.29 is 4.79 Å². The van der Waals surface area contributed by atoms with E-state index in [0.29, 0.717) is 6.42 Å². The van der Waals surface area contributed by atoms with E-state index in [-0.39, 0.29) is 5.91 Å². The third kappa shape index (κ3) is 6.60. The summed E-state index contributed by atoms with van der Waals surface area (Å²) in [6.45, 7) is 7.81. The first-order chi connectivity index (χ1) is 13.7. The van der Waals surface area contributed by atoms with Gasteiger partial charge in [0.25, 0.3) is 0 Å². The molecular formula is C22H31N5O. The molecule has 150 valence electrons. The van der Waals surface area contributed by atoms with E-state index in [9.17, 15) is 4.79 Å². The Labute approximate surface area is 168 Å². The molecule has 2 aromatic rings. The Morgan fingerprint density at radius 2 is 1.75 bits per heavy atom. The van der Waals surface area contributed by atoms with Crippen LogP contribution in [0.5, 0.6) is 0 Å². The summed E-state index contributed by atoms with van der Waals surface area (Å²) in [5.41, 5.74) is 2.58. The number of nitrogens with zero attached hydrogens (tertiary/aromatic N) is 4. The van der Waals surface area contributed by atoms with Crippen LogP contribution in [-0.2, 0) is 11.2 Å². The van der Waals surface area contributed by atoms with Crippen LogP contribution in [0.15, 0.2) is 42.7 Å². The fraction of sp³-hybridized carbons (Fsp3) is 0.500. The summed E-state index contributed by atoms with van der Waals surface area (Å²) < 4.78 is 0. The van der Waals surface area contributed by atoms with E-state index in [4.69, 9.17) is 0 Å². The SMILES string of the molecule is Cc1ccc(CCCC(=O)NCCCN2CCN(c3ncccn3)CC2)cc1. The molecule has 0 bridgehead atoms. The predicted molar refractivity (Wildman–Crippen MR) is 112 cm³/mol. The highest BCUT2D eigenvalue weighted by Gasteiger charge is 2.18. The Balaban J connectivity index is 1.23. The number of carbonyl (C=O) groups is 1. The van der Waals surface area contributed by atoms with Gasteiger partial charge in [-0.25, -0.2) is 9.97 Å². The van der Waals surface area contributed by atoms with Gasteiger partial charge >= 0.3 is 0 Å². The van der Waals surface area contributed by atoms with Crippen LogP contribution in [0, 0.1) is 6.92 Å². The molecule has 1 fully saturated rings. The van der Waals surface area contributed by atoms with Crippen LogP contribution >= 0.6 is 0 Å². The number of benzene rings is 1. The zero-order valence-electron chi connectivity index (χ0n) is 16.8. The van der Waals surface area contributed by atoms with Crippen molar-refractivity contribution in [3.05, 3.63) is 53.9 Å². The molecule has 0 unspecified atom stereocenters. The maximum absolute atomic E-state index is 12.0. The summed E-state index contributed by atoms with van der Waals surface area (Å²) in [4.78, 5) is 25.3. The number of aryl methyl sites for hydroxylation is 2. The lowest BCUT2D eigenvalue weighted by atomic mass is 10.1. The molecule has 3 rings (SSSR count). The van der Waals surface area contributed by atoms with Gasteiger partial charge in [0.05, 0.1) is 0 Å². The lowest BCUT2D eigenvalue weighted by Crippen LogP contribution is -2.47. The Morgan fingerprint density at radius 3 is 2.46 bits per heavy atom. The van der Waals surface area contributed by atoms with Crippen molar-refractivity contribution in [2.45, 2.75) is 32.6 Å². The Kier molecular flexibility index (Phi) is 7.79. The van der Waals surface area contributed by atoms with Crippen molar-refractivity contribution in [2.24, 2.45) is 0 Å². The number of hydrogen-bond donors (Lipinski definition) is 1. The maximum Gasteiger partial charge on any atom is 0.225 e. The minimum atomic E-state index is 0.165. The van der Waals surface area contributed by atoms with Crippen molar-refractivity contribution >= 4 is 11.9 Å². The molecule has 6 nitrogen and oxygen atoms in total.